The average Bonchev–Trinajstić information content (AvgIpc) is 2.87. The van der Waals surface area contributed by atoms with Crippen molar-refractivity contribution in [3.05, 3.63) is 41.7 Å². The van der Waals surface area contributed by atoms with Crippen molar-refractivity contribution in [3.8, 4) is 11.3 Å². The van der Waals surface area contributed by atoms with Gasteiger partial charge in [0.25, 0.3) is 0 Å². The van der Waals surface area contributed by atoms with E-state index in [0.29, 0.717) is 12.2 Å². The predicted octanol–water partition coefficient (Wildman–Crippen LogP) is 4.00. The molecular formula is C14H14F4N2O. The minimum Gasteiger partial charge on any atom is -0.443 e. The van der Waals surface area contributed by atoms with Crippen molar-refractivity contribution >= 4 is 0 Å². The third kappa shape index (κ3) is 3.60. The van der Waals surface area contributed by atoms with Crippen molar-refractivity contribution in [1.82, 2.24) is 10.3 Å². The highest BCUT2D eigenvalue weighted by Gasteiger charge is 2.34. The molecule has 1 aromatic carbocycles. The van der Waals surface area contributed by atoms with Crippen LogP contribution in [0.3, 0.4) is 0 Å². The second-order valence-corrected chi connectivity index (χ2v) is 4.50. The van der Waals surface area contributed by atoms with Crippen LogP contribution in [-0.2, 0) is 12.7 Å². The van der Waals surface area contributed by atoms with Gasteiger partial charge in [0.15, 0.2) is 12.2 Å². The molecule has 2 aromatic rings. The molecule has 0 radical (unpaired) electrons. The number of rotatable bonds is 5. The average molecular weight is 302 g/mol. The molecular weight excluding hydrogens is 288 g/mol. The lowest BCUT2D eigenvalue weighted by molar-refractivity contribution is -0.139. The third-order valence-corrected chi connectivity index (χ3v) is 2.89. The van der Waals surface area contributed by atoms with Crippen LogP contribution in [-0.4, -0.2) is 11.5 Å². The SMILES string of the molecule is CCCNCc1ncoc1-c1ccc(F)c(C(F)(F)F)c1. The van der Waals surface area contributed by atoms with Crippen LogP contribution in [0.1, 0.15) is 24.6 Å². The molecule has 0 aliphatic carbocycles. The van der Waals surface area contributed by atoms with Gasteiger partial charge in [-0.05, 0) is 31.2 Å². The Bertz CT molecular complexity index is 607. The Balaban J connectivity index is 2.33. The molecule has 0 bridgehead atoms. The van der Waals surface area contributed by atoms with Crippen LogP contribution in [0.5, 0.6) is 0 Å². The van der Waals surface area contributed by atoms with Crippen LogP contribution >= 0.6 is 0 Å². The molecule has 114 valence electrons. The minimum absolute atomic E-state index is 0.148. The molecule has 0 spiro atoms. The first-order chi connectivity index (χ1) is 9.93. The van der Waals surface area contributed by atoms with Crippen molar-refractivity contribution in [2.24, 2.45) is 0 Å². The van der Waals surface area contributed by atoms with Gasteiger partial charge < -0.3 is 9.73 Å². The van der Waals surface area contributed by atoms with Crippen LogP contribution in [0.4, 0.5) is 17.6 Å². The Hall–Kier alpha value is -1.89. The number of alkyl halides is 3. The van der Waals surface area contributed by atoms with Crippen LogP contribution in [0.15, 0.2) is 29.0 Å². The number of hydrogen-bond donors (Lipinski definition) is 1. The third-order valence-electron chi connectivity index (χ3n) is 2.89. The minimum atomic E-state index is -4.75. The standard InChI is InChI=1S/C14H14F4N2O/c1-2-5-19-7-12-13(21-8-20-12)9-3-4-11(15)10(6-9)14(16,17)18/h3-4,6,8,19H,2,5,7H2,1H3. The highest BCUT2D eigenvalue weighted by atomic mass is 19.4. The maximum absolute atomic E-state index is 13.3. The Morgan fingerprint density at radius 2 is 2.05 bits per heavy atom. The summed E-state index contributed by atoms with van der Waals surface area (Å²) in [5, 5.41) is 3.09. The van der Waals surface area contributed by atoms with E-state index in [4.69, 9.17) is 4.42 Å². The molecule has 0 atom stereocenters. The summed E-state index contributed by atoms with van der Waals surface area (Å²) < 4.78 is 56.6. The molecule has 2 rings (SSSR count). The Morgan fingerprint density at radius 3 is 2.71 bits per heavy atom. The van der Waals surface area contributed by atoms with Gasteiger partial charge in [0.2, 0.25) is 0 Å². The Labute approximate surface area is 119 Å². The molecule has 0 fully saturated rings. The zero-order chi connectivity index (χ0) is 15.5. The first-order valence-electron chi connectivity index (χ1n) is 6.43. The van der Waals surface area contributed by atoms with Crippen molar-refractivity contribution in [2.75, 3.05) is 6.54 Å². The summed E-state index contributed by atoms with van der Waals surface area (Å²) in [5.74, 6) is -1.10. The van der Waals surface area contributed by atoms with Gasteiger partial charge in [-0.2, -0.15) is 13.2 Å². The van der Waals surface area contributed by atoms with Gasteiger partial charge in [0.1, 0.15) is 11.5 Å². The van der Waals surface area contributed by atoms with E-state index >= 15 is 0 Å². The summed E-state index contributed by atoms with van der Waals surface area (Å²) >= 11 is 0. The van der Waals surface area contributed by atoms with E-state index in [1.54, 1.807) is 0 Å². The monoisotopic (exact) mass is 302 g/mol. The van der Waals surface area contributed by atoms with Crippen LogP contribution < -0.4 is 5.32 Å². The van der Waals surface area contributed by atoms with E-state index in [1.807, 2.05) is 6.92 Å². The number of hydrogen-bond acceptors (Lipinski definition) is 3. The number of benzene rings is 1. The number of oxazole rings is 1. The lowest BCUT2D eigenvalue weighted by Crippen LogP contribution is -2.14. The molecule has 0 aliphatic heterocycles. The normalized spacial score (nSPS) is 11.9. The summed E-state index contributed by atoms with van der Waals surface area (Å²) in [4.78, 5) is 3.97. The van der Waals surface area contributed by atoms with Gasteiger partial charge in [0.05, 0.1) is 5.56 Å². The largest absolute Gasteiger partial charge is 0.443 e. The van der Waals surface area contributed by atoms with Gasteiger partial charge in [-0.3, -0.25) is 0 Å². The summed E-state index contributed by atoms with van der Waals surface area (Å²) in [6, 6.07) is 2.76. The molecule has 1 heterocycles. The Kier molecular flexibility index (Phi) is 4.62. The highest BCUT2D eigenvalue weighted by Crippen LogP contribution is 2.34. The summed E-state index contributed by atoms with van der Waals surface area (Å²) in [6.45, 7) is 3.12. The lowest BCUT2D eigenvalue weighted by Gasteiger charge is -2.09. The van der Waals surface area contributed by atoms with E-state index in [0.717, 1.165) is 31.5 Å². The zero-order valence-corrected chi connectivity index (χ0v) is 11.3. The summed E-state index contributed by atoms with van der Waals surface area (Å²) in [6.07, 6.45) is -2.67. The second kappa shape index (κ2) is 6.26. The molecule has 0 aliphatic rings. The van der Waals surface area contributed by atoms with Crippen molar-refractivity contribution < 1.29 is 22.0 Å². The Morgan fingerprint density at radius 1 is 1.29 bits per heavy atom. The maximum atomic E-state index is 13.3. The van der Waals surface area contributed by atoms with Gasteiger partial charge in [-0.1, -0.05) is 6.92 Å². The predicted molar refractivity (Wildman–Crippen MR) is 68.9 cm³/mol. The quantitative estimate of drug-likeness (QED) is 0.670. The van der Waals surface area contributed by atoms with E-state index < -0.39 is 17.6 Å². The molecule has 0 unspecified atom stereocenters. The zero-order valence-electron chi connectivity index (χ0n) is 11.3. The molecule has 0 saturated heterocycles. The first-order valence-corrected chi connectivity index (χ1v) is 6.43. The smallest absolute Gasteiger partial charge is 0.419 e. The van der Waals surface area contributed by atoms with Crippen molar-refractivity contribution in [2.45, 2.75) is 26.1 Å². The topological polar surface area (TPSA) is 38.1 Å². The molecule has 0 saturated carbocycles. The van der Waals surface area contributed by atoms with Crippen LogP contribution in [0.2, 0.25) is 0 Å². The van der Waals surface area contributed by atoms with Gasteiger partial charge in [-0.25, -0.2) is 9.37 Å². The fourth-order valence-electron chi connectivity index (χ4n) is 1.90. The van der Waals surface area contributed by atoms with E-state index in [-0.39, 0.29) is 11.3 Å². The molecule has 7 heteroatoms. The molecule has 1 aromatic heterocycles. The van der Waals surface area contributed by atoms with Gasteiger partial charge >= 0.3 is 6.18 Å². The van der Waals surface area contributed by atoms with E-state index in [2.05, 4.69) is 10.3 Å². The summed E-state index contributed by atoms with van der Waals surface area (Å²) in [5.41, 5.74) is -0.679. The van der Waals surface area contributed by atoms with Crippen LogP contribution in [0, 0.1) is 5.82 Å². The summed E-state index contributed by atoms with van der Waals surface area (Å²) in [7, 11) is 0. The van der Waals surface area contributed by atoms with Crippen LogP contribution in [0.25, 0.3) is 11.3 Å². The lowest BCUT2D eigenvalue weighted by atomic mass is 10.1. The number of nitrogens with zero attached hydrogens (tertiary/aromatic N) is 1. The van der Waals surface area contributed by atoms with Crippen molar-refractivity contribution in [3.63, 3.8) is 0 Å². The van der Waals surface area contributed by atoms with Crippen molar-refractivity contribution in [1.29, 1.82) is 0 Å². The van der Waals surface area contributed by atoms with E-state index in [9.17, 15) is 17.6 Å². The fraction of sp³-hybridized carbons (Fsp3) is 0.357. The number of nitrogens with one attached hydrogen (secondary N) is 1. The number of aromatic nitrogens is 1. The molecule has 1 N–H and O–H groups in total. The van der Waals surface area contributed by atoms with E-state index in [1.165, 1.54) is 6.07 Å². The molecule has 3 nitrogen and oxygen atoms in total. The first kappa shape index (κ1) is 15.5. The van der Waals surface area contributed by atoms with Gasteiger partial charge in [0, 0.05) is 12.1 Å². The second-order valence-electron chi connectivity index (χ2n) is 4.50. The van der Waals surface area contributed by atoms with Gasteiger partial charge in [-0.15, -0.1) is 0 Å². The molecule has 0 amide bonds. The fourth-order valence-corrected chi connectivity index (χ4v) is 1.90. The molecule has 21 heavy (non-hydrogen) atoms. The highest BCUT2D eigenvalue weighted by molar-refractivity contribution is 5.61. The maximum Gasteiger partial charge on any atom is 0.419 e. The number of halogens is 4.